The predicted octanol–water partition coefficient (Wildman–Crippen LogP) is 6.11. The van der Waals surface area contributed by atoms with Crippen LogP contribution in [0.15, 0.2) is 75.7 Å². The summed E-state index contributed by atoms with van der Waals surface area (Å²) in [7, 11) is 0. The van der Waals surface area contributed by atoms with Crippen molar-refractivity contribution < 1.29 is 9.84 Å². The average Bonchev–Trinajstić information content (AvgIpc) is 2.61. The summed E-state index contributed by atoms with van der Waals surface area (Å²) in [6.07, 6.45) is 0. The van der Waals surface area contributed by atoms with Crippen LogP contribution in [0.4, 0.5) is 5.69 Å². The van der Waals surface area contributed by atoms with Gasteiger partial charge in [-0.3, -0.25) is 0 Å². The van der Waals surface area contributed by atoms with Gasteiger partial charge in [0.05, 0.1) is 8.95 Å². The van der Waals surface area contributed by atoms with Crippen LogP contribution in [0, 0.1) is 0 Å². The molecule has 0 saturated carbocycles. The number of hydrogen-bond acceptors (Lipinski definition) is 3. The molecular formula is C20H17Br2NO2. The Kier molecular flexibility index (Phi) is 6.00. The Morgan fingerprint density at radius 2 is 1.48 bits per heavy atom. The molecule has 2 N–H and O–H groups in total. The van der Waals surface area contributed by atoms with E-state index in [1.165, 1.54) is 0 Å². The fraction of sp³-hybridized carbons (Fsp3) is 0.100. The summed E-state index contributed by atoms with van der Waals surface area (Å²) in [6.45, 7) is 1.18. The van der Waals surface area contributed by atoms with Crippen LogP contribution in [0.5, 0.6) is 11.5 Å². The molecule has 0 aliphatic carbocycles. The molecule has 3 aromatic rings. The first-order chi connectivity index (χ1) is 12.1. The number of rotatable bonds is 6. The Morgan fingerprint density at radius 1 is 0.840 bits per heavy atom. The summed E-state index contributed by atoms with van der Waals surface area (Å²) in [5.41, 5.74) is 3.19. The number of hydrogen-bond donors (Lipinski definition) is 2. The Morgan fingerprint density at radius 3 is 2.12 bits per heavy atom. The Hall–Kier alpha value is -1.98. The highest BCUT2D eigenvalue weighted by atomic mass is 79.9. The van der Waals surface area contributed by atoms with Crippen molar-refractivity contribution in [3.63, 3.8) is 0 Å². The van der Waals surface area contributed by atoms with Crippen LogP contribution in [0.25, 0.3) is 0 Å². The van der Waals surface area contributed by atoms with Crippen molar-refractivity contribution in [3.8, 4) is 11.5 Å². The van der Waals surface area contributed by atoms with Gasteiger partial charge in [0.25, 0.3) is 0 Å². The standard InChI is InChI=1S/C20H17Br2NO2/c21-18-10-15(12-23-16-6-8-17(24)9-7-16)11-19(22)20(18)25-13-14-4-2-1-3-5-14/h1-11,23-24H,12-13H2. The number of anilines is 1. The van der Waals surface area contributed by atoms with E-state index >= 15 is 0 Å². The van der Waals surface area contributed by atoms with Crippen molar-refractivity contribution in [2.45, 2.75) is 13.2 Å². The molecule has 0 aliphatic heterocycles. The van der Waals surface area contributed by atoms with Crippen molar-refractivity contribution in [2.75, 3.05) is 5.32 Å². The Labute approximate surface area is 163 Å². The summed E-state index contributed by atoms with van der Waals surface area (Å²) >= 11 is 7.18. The number of nitrogens with one attached hydrogen (secondary N) is 1. The molecule has 0 fully saturated rings. The van der Waals surface area contributed by atoms with Gasteiger partial charge in [0.1, 0.15) is 18.1 Å². The molecule has 25 heavy (non-hydrogen) atoms. The number of phenolic OH excluding ortho intramolecular Hbond substituents is 1. The third-order valence-corrected chi connectivity index (χ3v) is 4.83. The van der Waals surface area contributed by atoms with E-state index in [2.05, 4.69) is 37.2 Å². The SMILES string of the molecule is Oc1ccc(NCc2cc(Br)c(OCc3ccccc3)c(Br)c2)cc1. The molecule has 0 unspecified atom stereocenters. The quantitative estimate of drug-likeness (QED) is 0.434. The van der Waals surface area contributed by atoms with Gasteiger partial charge in [0, 0.05) is 12.2 Å². The average molecular weight is 463 g/mol. The number of halogens is 2. The maximum Gasteiger partial charge on any atom is 0.148 e. The zero-order valence-electron chi connectivity index (χ0n) is 13.4. The van der Waals surface area contributed by atoms with E-state index in [0.29, 0.717) is 13.2 Å². The van der Waals surface area contributed by atoms with Crippen LogP contribution in [-0.2, 0) is 13.2 Å². The monoisotopic (exact) mass is 461 g/mol. The maximum absolute atomic E-state index is 9.32. The highest BCUT2D eigenvalue weighted by Gasteiger charge is 2.09. The van der Waals surface area contributed by atoms with Gasteiger partial charge in [0.2, 0.25) is 0 Å². The number of aromatic hydroxyl groups is 1. The van der Waals surface area contributed by atoms with Crippen LogP contribution in [0.1, 0.15) is 11.1 Å². The molecule has 0 amide bonds. The van der Waals surface area contributed by atoms with Gasteiger partial charge < -0.3 is 15.2 Å². The highest BCUT2D eigenvalue weighted by molar-refractivity contribution is 9.11. The lowest BCUT2D eigenvalue weighted by Crippen LogP contribution is -2.01. The molecular weight excluding hydrogens is 446 g/mol. The van der Waals surface area contributed by atoms with Gasteiger partial charge >= 0.3 is 0 Å². The first-order valence-corrected chi connectivity index (χ1v) is 9.38. The molecule has 0 bridgehead atoms. The summed E-state index contributed by atoms with van der Waals surface area (Å²) in [6, 6.07) is 21.2. The van der Waals surface area contributed by atoms with Gasteiger partial charge in [-0.2, -0.15) is 0 Å². The van der Waals surface area contributed by atoms with Crippen molar-refractivity contribution >= 4 is 37.5 Å². The first kappa shape index (κ1) is 17.8. The van der Waals surface area contributed by atoms with Crippen molar-refractivity contribution in [1.29, 1.82) is 0 Å². The molecule has 0 spiro atoms. The van der Waals surface area contributed by atoms with E-state index in [-0.39, 0.29) is 5.75 Å². The van der Waals surface area contributed by atoms with Crippen LogP contribution in [-0.4, -0.2) is 5.11 Å². The van der Waals surface area contributed by atoms with Gasteiger partial charge in [-0.1, -0.05) is 30.3 Å². The fourth-order valence-corrected chi connectivity index (χ4v) is 3.88. The van der Waals surface area contributed by atoms with Crippen LogP contribution in [0.2, 0.25) is 0 Å². The molecule has 128 valence electrons. The minimum absolute atomic E-state index is 0.260. The molecule has 0 saturated heterocycles. The lowest BCUT2D eigenvalue weighted by atomic mass is 10.2. The molecule has 0 aliphatic rings. The number of ether oxygens (including phenoxy) is 1. The lowest BCUT2D eigenvalue weighted by molar-refractivity contribution is 0.302. The fourth-order valence-electron chi connectivity index (χ4n) is 2.37. The molecule has 3 aromatic carbocycles. The van der Waals surface area contributed by atoms with Crippen molar-refractivity contribution in [2.24, 2.45) is 0 Å². The molecule has 3 rings (SSSR count). The largest absolute Gasteiger partial charge is 0.508 e. The van der Waals surface area contributed by atoms with E-state index in [4.69, 9.17) is 4.74 Å². The second-order valence-corrected chi connectivity index (χ2v) is 7.27. The number of benzene rings is 3. The zero-order chi connectivity index (χ0) is 17.6. The molecule has 3 nitrogen and oxygen atoms in total. The van der Waals surface area contributed by atoms with Gasteiger partial charge in [-0.25, -0.2) is 0 Å². The highest BCUT2D eigenvalue weighted by Crippen LogP contribution is 2.35. The van der Waals surface area contributed by atoms with Crippen LogP contribution in [0.3, 0.4) is 0 Å². The molecule has 0 heterocycles. The third-order valence-electron chi connectivity index (χ3n) is 3.65. The zero-order valence-corrected chi connectivity index (χ0v) is 16.5. The summed E-state index contributed by atoms with van der Waals surface area (Å²) in [4.78, 5) is 0. The van der Waals surface area contributed by atoms with Gasteiger partial charge in [-0.05, 0) is 79.4 Å². The van der Waals surface area contributed by atoms with Gasteiger partial charge in [0.15, 0.2) is 0 Å². The Bertz CT molecular complexity index is 813. The van der Waals surface area contributed by atoms with E-state index in [1.54, 1.807) is 12.1 Å². The normalized spacial score (nSPS) is 10.5. The lowest BCUT2D eigenvalue weighted by Gasteiger charge is -2.13. The molecule has 0 radical (unpaired) electrons. The minimum Gasteiger partial charge on any atom is -0.508 e. The summed E-state index contributed by atoms with van der Waals surface area (Å²) < 4.78 is 7.75. The minimum atomic E-state index is 0.260. The predicted molar refractivity (Wildman–Crippen MR) is 108 cm³/mol. The van der Waals surface area contributed by atoms with Crippen molar-refractivity contribution in [3.05, 3.63) is 86.8 Å². The van der Waals surface area contributed by atoms with Gasteiger partial charge in [-0.15, -0.1) is 0 Å². The van der Waals surface area contributed by atoms with E-state index in [0.717, 1.165) is 31.5 Å². The number of phenols is 1. The smallest absolute Gasteiger partial charge is 0.148 e. The Balaban J connectivity index is 1.66. The van der Waals surface area contributed by atoms with Crippen LogP contribution < -0.4 is 10.1 Å². The molecule has 0 atom stereocenters. The summed E-state index contributed by atoms with van der Waals surface area (Å²) in [5, 5.41) is 12.7. The van der Waals surface area contributed by atoms with E-state index in [1.807, 2.05) is 54.6 Å². The second kappa shape index (κ2) is 8.41. The van der Waals surface area contributed by atoms with Crippen molar-refractivity contribution in [1.82, 2.24) is 0 Å². The second-order valence-electron chi connectivity index (χ2n) is 5.56. The van der Waals surface area contributed by atoms with E-state index < -0.39 is 0 Å². The topological polar surface area (TPSA) is 41.5 Å². The maximum atomic E-state index is 9.32. The third kappa shape index (κ3) is 5.00. The summed E-state index contributed by atoms with van der Waals surface area (Å²) in [5.74, 6) is 1.05. The van der Waals surface area contributed by atoms with E-state index in [9.17, 15) is 5.11 Å². The van der Waals surface area contributed by atoms with Crippen LogP contribution >= 0.6 is 31.9 Å². The first-order valence-electron chi connectivity index (χ1n) is 7.79. The molecule has 0 aromatic heterocycles. The molecule has 5 heteroatoms.